The number of allylic oxidation sites excluding steroid dienone is 1. The second-order valence-electron chi connectivity index (χ2n) is 2.65. The zero-order valence-corrected chi connectivity index (χ0v) is 8.22. The van der Waals surface area contributed by atoms with E-state index in [9.17, 15) is 9.18 Å². The van der Waals surface area contributed by atoms with Gasteiger partial charge in [-0.3, -0.25) is 0 Å². The molecule has 80 valence electrons. The molecule has 1 unspecified atom stereocenters. The average molecular weight is 210 g/mol. The molecule has 0 spiro atoms. The number of hydrogen-bond acceptors (Lipinski definition) is 3. The molecule has 0 N–H and O–H groups in total. The number of alkyl halides is 1. The normalized spacial score (nSPS) is 12.4. The van der Waals surface area contributed by atoms with E-state index >= 15 is 0 Å². The van der Waals surface area contributed by atoms with Crippen LogP contribution < -0.4 is 4.74 Å². The largest absolute Gasteiger partial charge is 0.451 e. The van der Waals surface area contributed by atoms with Crippen molar-refractivity contribution in [2.75, 3.05) is 0 Å². The van der Waals surface area contributed by atoms with E-state index in [2.05, 4.69) is 4.74 Å². The smallest absolute Gasteiger partial charge is 0.386 e. The van der Waals surface area contributed by atoms with Crippen LogP contribution in [0.15, 0.2) is 42.7 Å². The van der Waals surface area contributed by atoms with Crippen LogP contribution in [0.5, 0.6) is 5.75 Å². The fourth-order valence-electron chi connectivity index (χ4n) is 0.855. The summed E-state index contributed by atoms with van der Waals surface area (Å²) in [5.41, 5.74) is 0. The molecule has 0 heterocycles. The predicted molar refractivity (Wildman–Crippen MR) is 52.9 cm³/mol. The summed E-state index contributed by atoms with van der Waals surface area (Å²) >= 11 is 0. The predicted octanol–water partition coefficient (Wildman–Crippen LogP) is 2.44. The first-order valence-electron chi connectivity index (χ1n) is 4.41. The van der Waals surface area contributed by atoms with Crippen molar-refractivity contribution in [2.24, 2.45) is 0 Å². The van der Waals surface area contributed by atoms with Crippen molar-refractivity contribution in [3.63, 3.8) is 0 Å². The van der Waals surface area contributed by atoms with Crippen molar-refractivity contribution in [3.8, 4) is 5.75 Å². The number of hydrogen-bond donors (Lipinski definition) is 0. The van der Waals surface area contributed by atoms with E-state index in [0.717, 1.165) is 6.26 Å². The van der Waals surface area contributed by atoms with E-state index in [1.807, 2.05) is 0 Å². The Labute approximate surface area is 87.1 Å². The third kappa shape index (κ3) is 3.81. The van der Waals surface area contributed by atoms with Gasteiger partial charge in [0.15, 0.2) is 0 Å². The molecule has 1 aromatic carbocycles. The number of halogens is 1. The Balaban J connectivity index is 2.48. The van der Waals surface area contributed by atoms with Gasteiger partial charge in [0, 0.05) is 0 Å². The fraction of sp³-hybridized carbons (Fsp3) is 0.182. The van der Waals surface area contributed by atoms with Gasteiger partial charge in [0.25, 0.3) is 0 Å². The van der Waals surface area contributed by atoms with Crippen LogP contribution in [0.2, 0.25) is 0 Å². The van der Waals surface area contributed by atoms with Crippen LogP contribution in [-0.4, -0.2) is 12.3 Å². The number of benzene rings is 1. The van der Waals surface area contributed by atoms with E-state index in [4.69, 9.17) is 4.74 Å². The summed E-state index contributed by atoms with van der Waals surface area (Å²) < 4.78 is 22.2. The van der Waals surface area contributed by atoms with Crippen LogP contribution in [0.1, 0.15) is 6.92 Å². The zero-order chi connectivity index (χ0) is 11.1. The second kappa shape index (κ2) is 5.80. The summed E-state index contributed by atoms with van der Waals surface area (Å²) in [6, 6.07) is 8.22. The quantitative estimate of drug-likeness (QED) is 0.565. The summed E-state index contributed by atoms with van der Waals surface area (Å²) in [5, 5.41) is 0. The third-order valence-electron chi connectivity index (χ3n) is 1.49. The summed E-state index contributed by atoms with van der Waals surface area (Å²) in [4.78, 5) is 10.9. The van der Waals surface area contributed by atoms with Crippen LogP contribution in [0.3, 0.4) is 0 Å². The lowest BCUT2D eigenvalue weighted by molar-refractivity contribution is -0.154. The van der Waals surface area contributed by atoms with Crippen LogP contribution in [-0.2, 0) is 9.53 Å². The van der Waals surface area contributed by atoms with Gasteiger partial charge < -0.3 is 9.47 Å². The molecule has 1 rings (SSSR count). The molecule has 15 heavy (non-hydrogen) atoms. The molecule has 1 atom stereocenters. The lowest BCUT2D eigenvalue weighted by atomic mass is 10.3. The van der Waals surface area contributed by atoms with Gasteiger partial charge in [-0.25, -0.2) is 4.79 Å². The van der Waals surface area contributed by atoms with Gasteiger partial charge in [0.2, 0.25) is 0 Å². The standard InChI is InChI=1S/C11H11FO3/c1-2-8-14-11(13)10(12)15-9-6-4-3-5-7-9/h2-8,10H,1H3. The summed E-state index contributed by atoms with van der Waals surface area (Å²) in [6.45, 7) is 1.65. The first-order chi connectivity index (χ1) is 7.24. The van der Waals surface area contributed by atoms with Crippen LogP contribution in [0.25, 0.3) is 0 Å². The van der Waals surface area contributed by atoms with Gasteiger partial charge in [-0.1, -0.05) is 24.3 Å². The first kappa shape index (κ1) is 11.2. The Morgan fingerprint density at radius 3 is 2.67 bits per heavy atom. The molecule has 0 bridgehead atoms. The lowest BCUT2D eigenvalue weighted by Crippen LogP contribution is -2.23. The molecule has 4 heteroatoms. The molecular weight excluding hydrogens is 199 g/mol. The van der Waals surface area contributed by atoms with Crippen molar-refractivity contribution >= 4 is 5.97 Å². The maximum Gasteiger partial charge on any atom is 0.386 e. The molecule has 0 fully saturated rings. The number of rotatable bonds is 4. The van der Waals surface area contributed by atoms with Crippen LogP contribution in [0.4, 0.5) is 4.39 Å². The van der Waals surface area contributed by atoms with Crippen molar-refractivity contribution in [1.29, 1.82) is 0 Å². The number of carbonyl (C=O) groups excluding carboxylic acids is 1. The van der Waals surface area contributed by atoms with E-state index in [0.29, 0.717) is 0 Å². The van der Waals surface area contributed by atoms with Gasteiger partial charge in [0.05, 0.1) is 6.26 Å². The highest BCUT2D eigenvalue weighted by molar-refractivity contribution is 5.74. The minimum atomic E-state index is -2.11. The minimum Gasteiger partial charge on any atom is -0.451 e. The second-order valence-corrected chi connectivity index (χ2v) is 2.65. The fourth-order valence-corrected chi connectivity index (χ4v) is 0.855. The maximum atomic E-state index is 13.1. The van der Waals surface area contributed by atoms with Crippen LogP contribution >= 0.6 is 0 Å². The Bertz CT molecular complexity index is 335. The van der Waals surface area contributed by atoms with Gasteiger partial charge in [-0.2, -0.15) is 4.39 Å². The summed E-state index contributed by atoms with van der Waals surface area (Å²) in [7, 11) is 0. The highest BCUT2D eigenvalue weighted by Gasteiger charge is 2.19. The molecule has 3 nitrogen and oxygen atoms in total. The molecule has 0 aromatic heterocycles. The number of esters is 1. The van der Waals surface area contributed by atoms with Gasteiger partial charge >= 0.3 is 12.3 Å². The summed E-state index contributed by atoms with van der Waals surface area (Å²) in [6.07, 6.45) is 0.472. The van der Waals surface area contributed by atoms with Gasteiger partial charge in [0.1, 0.15) is 5.75 Å². The Morgan fingerprint density at radius 1 is 1.40 bits per heavy atom. The Morgan fingerprint density at radius 2 is 2.07 bits per heavy atom. The molecule has 0 aliphatic heterocycles. The third-order valence-corrected chi connectivity index (χ3v) is 1.49. The van der Waals surface area contributed by atoms with Crippen molar-refractivity contribution in [3.05, 3.63) is 42.7 Å². The maximum absolute atomic E-state index is 13.1. The van der Waals surface area contributed by atoms with E-state index in [-0.39, 0.29) is 5.75 Å². The van der Waals surface area contributed by atoms with Gasteiger partial charge in [-0.15, -0.1) is 0 Å². The Kier molecular flexibility index (Phi) is 4.34. The van der Waals surface area contributed by atoms with E-state index < -0.39 is 12.3 Å². The molecular formula is C11H11FO3. The number of para-hydroxylation sites is 1. The Hall–Kier alpha value is -1.84. The minimum absolute atomic E-state index is 0.280. The monoisotopic (exact) mass is 210 g/mol. The summed E-state index contributed by atoms with van der Waals surface area (Å²) in [5.74, 6) is -0.792. The molecule has 0 amide bonds. The average Bonchev–Trinajstić information content (AvgIpc) is 2.27. The molecule has 0 saturated heterocycles. The first-order valence-corrected chi connectivity index (χ1v) is 4.41. The van der Waals surface area contributed by atoms with Crippen LogP contribution in [0, 0.1) is 0 Å². The van der Waals surface area contributed by atoms with E-state index in [1.54, 1.807) is 37.3 Å². The van der Waals surface area contributed by atoms with Crippen molar-refractivity contribution < 1.29 is 18.7 Å². The topological polar surface area (TPSA) is 35.5 Å². The van der Waals surface area contributed by atoms with Gasteiger partial charge in [-0.05, 0) is 19.1 Å². The molecule has 0 aliphatic rings. The zero-order valence-electron chi connectivity index (χ0n) is 8.22. The molecule has 0 radical (unpaired) electrons. The molecule has 0 aliphatic carbocycles. The number of ether oxygens (including phenoxy) is 2. The highest BCUT2D eigenvalue weighted by atomic mass is 19.1. The molecule has 1 aromatic rings. The highest BCUT2D eigenvalue weighted by Crippen LogP contribution is 2.12. The molecule has 0 saturated carbocycles. The van der Waals surface area contributed by atoms with Crippen molar-refractivity contribution in [2.45, 2.75) is 13.3 Å². The SMILES string of the molecule is CC=COC(=O)C(F)Oc1ccccc1. The van der Waals surface area contributed by atoms with Crippen molar-refractivity contribution in [1.82, 2.24) is 0 Å². The lowest BCUT2D eigenvalue weighted by Gasteiger charge is -2.08. The number of carbonyl (C=O) groups is 1. The van der Waals surface area contributed by atoms with E-state index in [1.165, 1.54) is 6.08 Å².